The molecule has 0 radical (unpaired) electrons. The standard InChI is InChI=1S/C18H22N2O3/c1-13(10-11-19-22-5)15-12-20(17(21)23-18(2,3)4)16-9-7-6-8-14(15)16/h6-12H,1-5H3/b13-10-,19-11+. The fourth-order valence-corrected chi connectivity index (χ4v) is 2.25. The number of nitrogens with zero attached hydrogens (tertiary/aromatic N) is 2. The van der Waals surface area contributed by atoms with Crippen LogP contribution < -0.4 is 0 Å². The van der Waals surface area contributed by atoms with E-state index in [-0.39, 0.29) is 0 Å². The summed E-state index contributed by atoms with van der Waals surface area (Å²) in [4.78, 5) is 17.1. The zero-order chi connectivity index (χ0) is 17.0. The average Bonchev–Trinajstić information content (AvgIpc) is 2.85. The minimum atomic E-state index is -0.543. The fraction of sp³-hybridized carbons (Fsp3) is 0.333. The first-order chi connectivity index (χ1) is 10.8. The maximum absolute atomic E-state index is 12.4. The molecular weight excluding hydrogens is 292 g/mol. The van der Waals surface area contributed by atoms with E-state index >= 15 is 0 Å². The van der Waals surface area contributed by atoms with Gasteiger partial charge in [0, 0.05) is 17.1 Å². The number of carbonyl (C=O) groups is 1. The number of aromatic nitrogens is 1. The van der Waals surface area contributed by atoms with Crippen molar-refractivity contribution in [3.63, 3.8) is 0 Å². The molecule has 122 valence electrons. The highest BCUT2D eigenvalue weighted by Crippen LogP contribution is 2.27. The van der Waals surface area contributed by atoms with Crippen molar-refractivity contribution in [2.75, 3.05) is 7.11 Å². The number of allylic oxidation sites excluding steroid dienone is 2. The van der Waals surface area contributed by atoms with Crippen LogP contribution in [-0.4, -0.2) is 29.6 Å². The van der Waals surface area contributed by atoms with E-state index in [1.54, 1.807) is 17.0 Å². The molecule has 0 spiro atoms. The predicted octanol–water partition coefficient (Wildman–Crippen LogP) is 4.46. The smallest absolute Gasteiger partial charge is 0.419 e. The third kappa shape index (κ3) is 4.00. The summed E-state index contributed by atoms with van der Waals surface area (Å²) in [6.45, 7) is 7.51. The molecule has 0 aliphatic heterocycles. The maximum Gasteiger partial charge on any atom is 0.419 e. The van der Waals surface area contributed by atoms with Crippen molar-refractivity contribution >= 4 is 28.8 Å². The summed E-state index contributed by atoms with van der Waals surface area (Å²) >= 11 is 0. The number of carbonyl (C=O) groups excluding carboxylic acids is 1. The van der Waals surface area contributed by atoms with E-state index in [0.717, 1.165) is 22.0 Å². The van der Waals surface area contributed by atoms with Gasteiger partial charge in [-0.2, -0.15) is 0 Å². The Hall–Kier alpha value is -2.56. The second-order valence-corrected chi connectivity index (χ2v) is 6.20. The molecule has 0 saturated heterocycles. The number of fused-ring (bicyclic) bond motifs is 1. The van der Waals surface area contributed by atoms with E-state index in [4.69, 9.17) is 4.74 Å². The van der Waals surface area contributed by atoms with Crippen LogP contribution in [0.5, 0.6) is 0 Å². The Kier molecular flexibility index (Phi) is 4.89. The third-order valence-electron chi connectivity index (χ3n) is 3.22. The van der Waals surface area contributed by atoms with Crippen molar-refractivity contribution in [2.45, 2.75) is 33.3 Å². The van der Waals surface area contributed by atoms with Crippen LogP contribution in [-0.2, 0) is 9.57 Å². The first kappa shape index (κ1) is 16.8. The summed E-state index contributed by atoms with van der Waals surface area (Å²) in [5, 5.41) is 4.69. The second kappa shape index (κ2) is 6.69. The lowest BCUT2D eigenvalue weighted by Crippen LogP contribution is -2.26. The van der Waals surface area contributed by atoms with Gasteiger partial charge >= 0.3 is 6.09 Å². The van der Waals surface area contributed by atoms with Crippen molar-refractivity contribution in [1.29, 1.82) is 0 Å². The fourth-order valence-electron chi connectivity index (χ4n) is 2.25. The van der Waals surface area contributed by atoms with Crippen molar-refractivity contribution in [3.05, 3.63) is 42.1 Å². The van der Waals surface area contributed by atoms with Gasteiger partial charge in [0.05, 0.1) is 11.7 Å². The molecule has 0 N–H and O–H groups in total. The number of para-hydroxylation sites is 1. The van der Waals surface area contributed by atoms with Gasteiger partial charge in [-0.05, 0) is 45.4 Å². The third-order valence-corrected chi connectivity index (χ3v) is 3.22. The van der Waals surface area contributed by atoms with Crippen molar-refractivity contribution in [3.8, 4) is 0 Å². The number of benzene rings is 1. The van der Waals surface area contributed by atoms with Crippen LogP contribution in [0.2, 0.25) is 0 Å². The number of hydrogen-bond acceptors (Lipinski definition) is 4. The molecular formula is C18H22N2O3. The minimum Gasteiger partial charge on any atom is -0.443 e. The Morgan fingerprint density at radius 2 is 1.96 bits per heavy atom. The summed E-state index contributed by atoms with van der Waals surface area (Å²) in [6, 6.07) is 7.73. The normalized spacial score (nSPS) is 12.8. The summed E-state index contributed by atoms with van der Waals surface area (Å²) in [7, 11) is 1.49. The van der Waals surface area contributed by atoms with E-state index in [2.05, 4.69) is 9.99 Å². The number of ether oxygens (including phenoxy) is 1. The molecule has 0 atom stereocenters. The Morgan fingerprint density at radius 1 is 1.26 bits per heavy atom. The van der Waals surface area contributed by atoms with Gasteiger partial charge in [-0.1, -0.05) is 23.4 Å². The van der Waals surface area contributed by atoms with Crippen molar-refractivity contribution in [1.82, 2.24) is 4.57 Å². The predicted molar refractivity (Wildman–Crippen MR) is 92.7 cm³/mol. The lowest BCUT2D eigenvalue weighted by molar-refractivity contribution is 0.0544. The van der Waals surface area contributed by atoms with Crippen LogP contribution in [0.4, 0.5) is 4.79 Å². The zero-order valence-corrected chi connectivity index (χ0v) is 14.2. The molecule has 5 nitrogen and oxygen atoms in total. The topological polar surface area (TPSA) is 52.8 Å². The molecule has 0 amide bonds. The molecule has 0 fully saturated rings. The van der Waals surface area contributed by atoms with E-state index in [9.17, 15) is 4.79 Å². The molecule has 1 aromatic carbocycles. The monoisotopic (exact) mass is 314 g/mol. The first-order valence-corrected chi connectivity index (χ1v) is 7.40. The highest BCUT2D eigenvalue weighted by Gasteiger charge is 2.20. The van der Waals surface area contributed by atoms with Gasteiger partial charge in [-0.3, -0.25) is 4.57 Å². The summed E-state index contributed by atoms with van der Waals surface area (Å²) in [5.74, 6) is 0. The largest absolute Gasteiger partial charge is 0.443 e. The van der Waals surface area contributed by atoms with Crippen LogP contribution in [0.25, 0.3) is 16.5 Å². The molecule has 2 rings (SSSR count). The molecule has 0 saturated carbocycles. The Balaban J connectivity index is 2.50. The lowest BCUT2D eigenvalue weighted by Gasteiger charge is -2.19. The van der Waals surface area contributed by atoms with Gasteiger partial charge in [0.2, 0.25) is 0 Å². The lowest BCUT2D eigenvalue weighted by atomic mass is 10.1. The SMILES string of the molecule is CO/N=C/C=C(/C)c1cn(C(=O)OC(C)(C)C)c2ccccc12. The molecule has 23 heavy (non-hydrogen) atoms. The van der Waals surface area contributed by atoms with Crippen molar-refractivity contribution in [2.24, 2.45) is 5.16 Å². The molecule has 0 aliphatic carbocycles. The van der Waals surface area contributed by atoms with E-state index in [1.807, 2.05) is 58.0 Å². The molecule has 1 heterocycles. The highest BCUT2D eigenvalue weighted by molar-refractivity contribution is 5.99. The Labute approximate surface area is 136 Å². The minimum absolute atomic E-state index is 0.390. The van der Waals surface area contributed by atoms with Crippen LogP contribution >= 0.6 is 0 Å². The Morgan fingerprint density at radius 3 is 2.61 bits per heavy atom. The van der Waals surface area contributed by atoms with Crippen LogP contribution in [0.3, 0.4) is 0 Å². The molecule has 0 unspecified atom stereocenters. The van der Waals surface area contributed by atoms with Crippen LogP contribution in [0, 0.1) is 0 Å². The van der Waals surface area contributed by atoms with E-state index < -0.39 is 11.7 Å². The van der Waals surface area contributed by atoms with E-state index in [1.165, 1.54) is 7.11 Å². The summed E-state index contributed by atoms with van der Waals surface area (Å²) in [5.41, 5.74) is 2.20. The van der Waals surface area contributed by atoms with Crippen molar-refractivity contribution < 1.29 is 14.4 Å². The van der Waals surface area contributed by atoms with Crippen LogP contribution in [0.1, 0.15) is 33.3 Å². The maximum atomic E-state index is 12.4. The molecule has 0 aliphatic rings. The number of hydrogen-bond donors (Lipinski definition) is 0. The number of rotatable bonds is 3. The van der Waals surface area contributed by atoms with Gasteiger partial charge in [-0.25, -0.2) is 4.79 Å². The summed E-state index contributed by atoms with van der Waals surface area (Å²) in [6.07, 6.45) is 4.82. The quantitative estimate of drug-likeness (QED) is 0.621. The van der Waals surface area contributed by atoms with Gasteiger partial charge in [0.15, 0.2) is 0 Å². The first-order valence-electron chi connectivity index (χ1n) is 7.40. The van der Waals surface area contributed by atoms with E-state index in [0.29, 0.717) is 0 Å². The number of oxime groups is 1. The summed E-state index contributed by atoms with van der Waals surface area (Å²) < 4.78 is 7.02. The average molecular weight is 314 g/mol. The zero-order valence-electron chi connectivity index (χ0n) is 14.2. The molecule has 5 heteroatoms. The highest BCUT2D eigenvalue weighted by atomic mass is 16.6. The second-order valence-electron chi connectivity index (χ2n) is 6.20. The van der Waals surface area contributed by atoms with Gasteiger partial charge in [0.1, 0.15) is 12.7 Å². The van der Waals surface area contributed by atoms with Gasteiger partial charge in [0.25, 0.3) is 0 Å². The van der Waals surface area contributed by atoms with Gasteiger partial charge in [-0.15, -0.1) is 0 Å². The molecule has 2 aromatic rings. The Bertz CT molecular complexity index is 764. The van der Waals surface area contributed by atoms with Crippen LogP contribution in [0.15, 0.2) is 41.7 Å². The molecule has 0 bridgehead atoms. The molecule has 1 aromatic heterocycles. The van der Waals surface area contributed by atoms with Gasteiger partial charge < -0.3 is 9.57 Å².